The Bertz CT molecular complexity index is 1130. The standard InChI is InChI=1S/C26H30N2O5/c1-15-7-9-20(16(2)11-15)23-24(27-13-17(3)33-18(4)14-27)26(30)28(25(23)29)21-10-8-19(31-5)12-22(21)32-6/h7-12,17-18H,13-14H2,1-6H3. The Morgan fingerprint density at radius 2 is 1.61 bits per heavy atom. The van der Waals surface area contributed by atoms with Crippen LogP contribution in [0.25, 0.3) is 5.57 Å². The van der Waals surface area contributed by atoms with Gasteiger partial charge in [-0.05, 0) is 51.0 Å². The molecule has 2 aliphatic heterocycles. The van der Waals surface area contributed by atoms with E-state index in [0.717, 1.165) is 16.7 Å². The van der Waals surface area contributed by atoms with E-state index in [-0.39, 0.29) is 24.0 Å². The third kappa shape index (κ3) is 4.09. The summed E-state index contributed by atoms with van der Waals surface area (Å²) in [5.41, 5.74) is 4.01. The summed E-state index contributed by atoms with van der Waals surface area (Å²) in [5, 5.41) is 0. The van der Waals surface area contributed by atoms with E-state index >= 15 is 0 Å². The van der Waals surface area contributed by atoms with Crippen LogP contribution >= 0.6 is 0 Å². The van der Waals surface area contributed by atoms with Gasteiger partial charge >= 0.3 is 0 Å². The molecular formula is C26H30N2O5. The molecule has 2 amide bonds. The number of aryl methyl sites for hydroxylation is 2. The summed E-state index contributed by atoms with van der Waals surface area (Å²) in [6.45, 7) is 8.98. The number of amides is 2. The van der Waals surface area contributed by atoms with Crippen molar-refractivity contribution in [2.45, 2.75) is 39.9 Å². The lowest BCUT2D eigenvalue weighted by molar-refractivity contribution is -0.121. The molecule has 2 aliphatic rings. The number of carbonyl (C=O) groups excluding carboxylic acids is 2. The number of rotatable bonds is 5. The van der Waals surface area contributed by atoms with Crippen molar-refractivity contribution in [3.05, 3.63) is 58.8 Å². The van der Waals surface area contributed by atoms with E-state index in [9.17, 15) is 9.59 Å². The van der Waals surface area contributed by atoms with Gasteiger partial charge in [0.05, 0.1) is 37.7 Å². The van der Waals surface area contributed by atoms with Crippen LogP contribution in [0.1, 0.15) is 30.5 Å². The Morgan fingerprint density at radius 1 is 0.909 bits per heavy atom. The normalized spacial score (nSPS) is 21.2. The summed E-state index contributed by atoms with van der Waals surface area (Å²) in [6.07, 6.45) is -0.122. The van der Waals surface area contributed by atoms with E-state index in [1.54, 1.807) is 25.3 Å². The Kier molecular flexibility index (Phi) is 6.17. The molecule has 0 spiro atoms. The number of benzene rings is 2. The molecule has 2 atom stereocenters. The first-order valence-corrected chi connectivity index (χ1v) is 11.1. The topological polar surface area (TPSA) is 68.3 Å². The largest absolute Gasteiger partial charge is 0.497 e. The van der Waals surface area contributed by atoms with Crippen molar-refractivity contribution >= 4 is 23.1 Å². The van der Waals surface area contributed by atoms with Crippen LogP contribution in [0.2, 0.25) is 0 Å². The minimum atomic E-state index is -0.364. The zero-order valence-electron chi connectivity index (χ0n) is 20.0. The van der Waals surface area contributed by atoms with Crippen molar-refractivity contribution in [2.24, 2.45) is 0 Å². The summed E-state index contributed by atoms with van der Waals surface area (Å²) in [7, 11) is 3.06. The number of hydrogen-bond donors (Lipinski definition) is 0. The summed E-state index contributed by atoms with van der Waals surface area (Å²) in [4.78, 5) is 31.0. The van der Waals surface area contributed by atoms with E-state index < -0.39 is 0 Å². The van der Waals surface area contributed by atoms with Gasteiger partial charge in [0, 0.05) is 19.2 Å². The number of carbonyl (C=O) groups is 2. The Labute approximate surface area is 194 Å². The molecule has 0 aromatic heterocycles. The molecule has 1 saturated heterocycles. The van der Waals surface area contributed by atoms with Crippen molar-refractivity contribution in [2.75, 3.05) is 32.2 Å². The van der Waals surface area contributed by atoms with Crippen LogP contribution in [-0.4, -0.2) is 56.2 Å². The van der Waals surface area contributed by atoms with Crippen LogP contribution in [0.5, 0.6) is 11.5 Å². The average molecular weight is 451 g/mol. The van der Waals surface area contributed by atoms with Gasteiger partial charge in [-0.15, -0.1) is 0 Å². The van der Waals surface area contributed by atoms with Crippen LogP contribution in [-0.2, 0) is 14.3 Å². The van der Waals surface area contributed by atoms with Crippen molar-refractivity contribution in [3.63, 3.8) is 0 Å². The van der Waals surface area contributed by atoms with Crippen molar-refractivity contribution < 1.29 is 23.8 Å². The van der Waals surface area contributed by atoms with Gasteiger partial charge in [0.1, 0.15) is 17.2 Å². The molecule has 0 N–H and O–H groups in total. The second kappa shape index (κ2) is 8.90. The highest BCUT2D eigenvalue weighted by Gasteiger charge is 2.45. The highest BCUT2D eigenvalue weighted by Crippen LogP contribution is 2.41. The van der Waals surface area contributed by atoms with Crippen LogP contribution in [0.15, 0.2) is 42.1 Å². The number of morpholine rings is 1. The van der Waals surface area contributed by atoms with Gasteiger partial charge in [0.25, 0.3) is 11.8 Å². The summed E-state index contributed by atoms with van der Waals surface area (Å²) < 4.78 is 16.7. The summed E-state index contributed by atoms with van der Waals surface area (Å²) in [6, 6.07) is 11.0. The second-order valence-electron chi connectivity index (χ2n) is 8.69. The van der Waals surface area contributed by atoms with Gasteiger partial charge in [0.2, 0.25) is 0 Å². The first kappa shape index (κ1) is 22.9. The quantitative estimate of drug-likeness (QED) is 0.647. The first-order chi connectivity index (χ1) is 15.7. The monoisotopic (exact) mass is 450 g/mol. The van der Waals surface area contributed by atoms with Gasteiger partial charge in [-0.2, -0.15) is 0 Å². The number of hydrogen-bond acceptors (Lipinski definition) is 6. The fourth-order valence-electron chi connectivity index (χ4n) is 4.70. The minimum Gasteiger partial charge on any atom is -0.497 e. The molecule has 1 fully saturated rings. The van der Waals surface area contributed by atoms with Crippen LogP contribution in [0.3, 0.4) is 0 Å². The first-order valence-electron chi connectivity index (χ1n) is 11.1. The predicted molar refractivity (Wildman–Crippen MR) is 126 cm³/mol. The molecule has 0 aliphatic carbocycles. The third-order valence-corrected chi connectivity index (χ3v) is 6.07. The fourth-order valence-corrected chi connectivity index (χ4v) is 4.70. The molecule has 4 rings (SSSR count). The number of ether oxygens (including phenoxy) is 3. The van der Waals surface area contributed by atoms with E-state index in [0.29, 0.717) is 41.5 Å². The highest BCUT2D eigenvalue weighted by molar-refractivity contribution is 6.45. The summed E-state index contributed by atoms with van der Waals surface area (Å²) in [5.74, 6) is 0.242. The van der Waals surface area contributed by atoms with E-state index in [1.165, 1.54) is 12.0 Å². The molecule has 33 heavy (non-hydrogen) atoms. The molecule has 2 aromatic carbocycles. The lowest BCUT2D eigenvalue weighted by atomic mass is 9.97. The van der Waals surface area contributed by atoms with Gasteiger partial charge in [-0.3, -0.25) is 9.59 Å². The van der Waals surface area contributed by atoms with E-state index in [1.807, 2.05) is 50.8 Å². The van der Waals surface area contributed by atoms with E-state index in [4.69, 9.17) is 14.2 Å². The molecule has 174 valence electrons. The maximum Gasteiger partial charge on any atom is 0.282 e. The SMILES string of the molecule is COc1ccc(N2C(=O)C(c3ccc(C)cc3C)=C(N3CC(C)OC(C)C3)C2=O)c(OC)c1. The smallest absolute Gasteiger partial charge is 0.282 e. The van der Waals surface area contributed by atoms with Gasteiger partial charge < -0.3 is 19.1 Å². The lowest BCUT2D eigenvalue weighted by Gasteiger charge is -2.37. The van der Waals surface area contributed by atoms with Crippen molar-refractivity contribution in [3.8, 4) is 11.5 Å². The lowest BCUT2D eigenvalue weighted by Crippen LogP contribution is -2.47. The van der Waals surface area contributed by atoms with E-state index in [2.05, 4.69) is 0 Å². The fraction of sp³-hybridized carbons (Fsp3) is 0.385. The number of nitrogens with zero attached hydrogens (tertiary/aromatic N) is 2. The van der Waals surface area contributed by atoms with Crippen LogP contribution in [0, 0.1) is 13.8 Å². The van der Waals surface area contributed by atoms with Crippen molar-refractivity contribution in [1.82, 2.24) is 4.90 Å². The molecule has 0 saturated carbocycles. The second-order valence-corrected chi connectivity index (χ2v) is 8.69. The van der Waals surface area contributed by atoms with Gasteiger partial charge in [-0.25, -0.2) is 4.90 Å². The molecule has 7 nitrogen and oxygen atoms in total. The molecule has 2 heterocycles. The van der Waals surface area contributed by atoms with Crippen LogP contribution in [0.4, 0.5) is 5.69 Å². The molecule has 0 radical (unpaired) electrons. The number of methoxy groups -OCH3 is 2. The average Bonchev–Trinajstić information content (AvgIpc) is 3.02. The molecule has 2 unspecified atom stereocenters. The Morgan fingerprint density at radius 3 is 2.21 bits per heavy atom. The predicted octanol–water partition coefficient (Wildman–Crippen LogP) is 3.71. The Balaban J connectivity index is 1.88. The minimum absolute atomic E-state index is 0.0610. The maximum absolute atomic E-state index is 13.9. The van der Waals surface area contributed by atoms with Crippen molar-refractivity contribution in [1.29, 1.82) is 0 Å². The Hall–Kier alpha value is -3.32. The number of anilines is 1. The molecule has 7 heteroatoms. The van der Waals surface area contributed by atoms with Gasteiger partial charge in [0.15, 0.2) is 0 Å². The zero-order valence-corrected chi connectivity index (χ0v) is 20.0. The van der Waals surface area contributed by atoms with Gasteiger partial charge in [-0.1, -0.05) is 23.8 Å². The zero-order chi connectivity index (χ0) is 23.9. The summed E-state index contributed by atoms with van der Waals surface area (Å²) >= 11 is 0. The molecule has 0 bridgehead atoms. The molecular weight excluding hydrogens is 420 g/mol. The highest BCUT2D eigenvalue weighted by atomic mass is 16.5. The number of imide groups is 1. The van der Waals surface area contributed by atoms with Crippen LogP contribution < -0.4 is 14.4 Å². The molecule has 2 aromatic rings. The third-order valence-electron chi connectivity index (χ3n) is 6.07. The maximum atomic E-state index is 13.9.